The third-order valence-corrected chi connectivity index (χ3v) is 4.81. The second-order valence-corrected chi connectivity index (χ2v) is 7.04. The van der Waals surface area contributed by atoms with E-state index in [0.717, 1.165) is 23.5 Å². The SMILES string of the molecule is CC1(C(=O)NCC2CC2)COCc2cnc(Nc3ccccc3)nc21. The molecule has 1 fully saturated rings. The van der Waals surface area contributed by atoms with E-state index in [2.05, 4.69) is 20.6 Å². The maximum absolute atomic E-state index is 12.8. The lowest BCUT2D eigenvalue weighted by Gasteiger charge is -2.33. The summed E-state index contributed by atoms with van der Waals surface area (Å²) < 4.78 is 5.65. The fraction of sp³-hybridized carbons (Fsp3) is 0.421. The number of carbonyl (C=O) groups excluding carboxylic acids is 1. The number of ether oxygens (including phenoxy) is 1. The van der Waals surface area contributed by atoms with Crippen LogP contribution >= 0.6 is 0 Å². The van der Waals surface area contributed by atoms with Crippen LogP contribution in [0.15, 0.2) is 36.5 Å². The van der Waals surface area contributed by atoms with E-state index < -0.39 is 5.41 Å². The van der Waals surface area contributed by atoms with Crippen LogP contribution in [-0.4, -0.2) is 29.0 Å². The molecule has 1 aromatic carbocycles. The smallest absolute Gasteiger partial charge is 0.234 e. The van der Waals surface area contributed by atoms with Crippen molar-refractivity contribution in [3.05, 3.63) is 47.8 Å². The molecule has 25 heavy (non-hydrogen) atoms. The minimum Gasteiger partial charge on any atom is -0.375 e. The number of aromatic nitrogens is 2. The highest BCUT2D eigenvalue weighted by atomic mass is 16.5. The maximum Gasteiger partial charge on any atom is 0.234 e. The Morgan fingerprint density at radius 2 is 2.12 bits per heavy atom. The molecule has 6 nitrogen and oxygen atoms in total. The van der Waals surface area contributed by atoms with Gasteiger partial charge in [0.1, 0.15) is 5.41 Å². The summed E-state index contributed by atoms with van der Waals surface area (Å²) in [6.07, 6.45) is 4.16. The van der Waals surface area contributed by atoms with E-state index in [9.17, 15) is 4.79 Å². The molecule has 130 valence electrons. The molecule has 0 saturated heterocycles. The average Bonchev–Trinajstić information content (AvgIpc) is 3.46. The number of amides is 1. The van der Waals surface area contributed by atoms with E-state index in [1.54, 1.807) is 6.20 Å². The molecule has 6 heteroatoms. The predicted molar refractivity (Wildman–Crippen MR) is 94.5 cm³/mol. The average molecular weight is 338 g/mol. The van der Waals surface area contributed by atoms with E-state index in [-0.39, 0.29) is 5.91 Å². The zero-order valence-electron chi connectivity index (χ0n) is 14.3. The van der Waals surface area contributed by atoms with Gasteiger partial charge in [-0.05, 0) is 37.8 Å². The third kappa shape index (κ3) is 3.35. The largest absolute Gasteiger partial charge is 0.375 e. The zero-order chi connectivity index (χ0) is 17.3. The molecule has 1 aliphatic heterocycles. The predicted octanol–water partition coefficient (Wildman–Crippen LogP) is 2.53. The fourth-order valence-electron chi connectivity index (χ4n) is 3.06. The molecule has 1 aromatic heterocycles. The Morgan fingerprint density at radius 3 is 2.88 bits per heavy atom. The van der Waals surface area contributed by atoms with Gasteiger partial charge >= 0.3 is 0 Å². The second kappa shape index (κ2) is 6.44. The number of nitrogens with zero attached hydrogens (tertiary/aromatic N) is 2. The van der Waals surface area contributed by atoms with Crippen molar-refractivity contribution in [2.24, 2.45) is 5.92 Å². The zero-order valence-corrected chi connectivity index (χ0v) is 14.3. The molecule has 2 heterocycles. The van der Waals surface area contributed by atoms with Crippen molar-refractivity contribution in [1.29, 1.82) is 0 Å². The number of hydrogen-bond acceptors (Lipinski definition) is 5. The Labute approximate surface area is 147 Å². The molecule has 2 N–H and O–H groups in total. The molecule has 2 aliphatic rings. The van der Waals surface area contributed by atoms with Crippen molar-refractivity contribution in [2.75, 3.05) is 18.5 Å². The second-order valence-electron chi connectivity index (χ2n) is 7.04. The van der Waals surface area contributed by atoms with Gasteiger partial charge in [-0.15, -0.1) is 0 Å². The standard InChI is InChI=1S/C19H22N4O2/c1-19(17(24)20-9-13-7-8-13)12-25-11-14-10-21-18(23-16(14)19)22-15-5-3-2-4-6-15/h2-6,10,13H,7-9,11-12H2,1H3,(H,20,24)(H,21,22,23). The molecule has 1 aliphatic carbocycles. The first-order valence-corrected chi connectivity index (χ1v) is 8.70. The van der Waals surface area contributed by atoms with E-state index in [4.69, 9.17) is 4.74 Å². The molecule has 1 atom stereocenters. The van der Waals surface area contributed by atoms with Crippen LogP contribution < -0.4 is 10.6 Å². The summed E-state index contributed by atoms with van der Waals surface area (Å²) in [7, 11) is 0. The van der Waals surface area contributed by atoms with Gasteiger partial charge in [-0.3, -0.25) is 4.79 Å². The molecule has 0 radical (unpaired) electrons. The van der Waals surface area contributed by atoms with Gasteiger partial charge in [0.05, 0.1) is 18.9 Å². The summed E-state index contributed by atoms with van der Waals surface area (Å²) >= 11 is 0. The number of rotatable bonds is 5. The van der Waals surface area contributed by atoms with Crippen LogP contribution in [0, 0.1) is 5.92 Å². The van der Waals surface area contributed by atoms with Crippen LogP contribution in [0.2, 0.25) is 0 Å². The van der Waals surface area contributed by atoms with Gasteiger partial charge < -0.3 is 15.4 Å². The van der Waals surface area contributed by atoms with E-state index in [1.165, 1.54) is 12.8 Å². The van der Waals surface area contributed by atoms with Crippen molar-refractivity contribution in [1.82, 2.24) is 15.3 Å². The van der Waals surface area contributed by atoms with Crippen molar-refractivity contribution in [3.63, 3.8) is 0 Å². The van der Waals surface area contributed by atoms with Gasteiger partial charge in [0.2, 0.25) is 11.9 Å². The van der Waals surface area contributed by atoms with Gasteiger partial charge in [0, 0.05) is 24.0 Å². The molecule has 0 bridgehead atoms. The quantitative estimate of drug-likeness (QED) is 0.876. The van der Waals surface area contributed by atoms with Crippen LogP contribution in [0.1, 0.15) is 31.0 Å². The Kier molecular flexibility index (Phi) is 4.13. The highest BCUT2D eigenvalue weighted by Gasteiger charge is 2.42. The Balaban J connectivity index is 1.60. The number of nitrogens with one attached hydrogen (secondary N) is 2. The highest BCUT2D eigenvalue weighted by Crippen LogP contribution is 2.33. The summed E-state index contributed by atoms with van der Waals surface area (Å²) in [5.41, 5.74) is 1.74. The lowest BCUT2D eigenvalue weighted by Crippen LogP contribution is -2.49. The highest BCUT2D eigenvalue weighted by molar-refractivity contribution is 5.88. The summed E-state index contributed by atoms with van der Waals surface area (Å²) in [4.78, 5) is 21.8. The maximum atomic E-state index is 12.8. The van der Waals surface area contributed by atoms with E-state index in [1.807, 2.05) is 37.3 Å². The first-order valence-electron chi connectivity index (χ1n) is 8.70. The molecule has 1 unspecified atom stereocenters. The summed E-state index contributed by atoms with van der Waals surface area (Å²) in [5, 5.41) is 6.26. The first-order chi connectivity index (χ1) is 12.1. The first kappa shape index (κ1) is 16.0. The lowest BCUT2D eigenvalue weighted by molar-refractivity contribution is -0.130. The molecular formula is C19H22N4O2. The molecular weight excluding hydrogens is 316 g/mol. The Hall–Kier alpha value is -2.47. The van der Waals surface area contributed by atoms with E-state index >= 15 is 0 Å². The molecule has 1 amide bonds. The Morgan fingerprint density at radius 1 is 1.32 bits per heavy atom. The Bertz CT molecular complexity index is 776. The van der Waals surface area contributed by atoms with Crippen molar-refractivity contribution in [2.45, 2.75) is 31.8 Å². The van der Waals surface area contributed by atoms with Crippen molar-refractivity contribution >= 4 is 17.5 Å². The van der Waals surface area contributed by atoms with Gasteiger partial charge in [-0.1, -0.05) is 18.2 Å². The summed E-state index contributed by atoms with van der Waals surface area (Å²) in [6.45, 7) is 3.40. The number of fused-ring (bicyclic) bond motifs is 1. The molecule has 0 spiro atoms. The van der Waals surface area contributed by atoms with Crippen molar-refractivity contribution < 1.29 is 9.53 Å². The van der Waals surface area contributed by atoms with Crippen LogP contribution in [0.3, 0.4) is 0 Å². The third-order valence-electron chi connectivity index (χ3n) is 4.81. The number of benzene rings is 1. The van der Waals surface area contributed by atoms with Gasteiger partial charge in [-0.2, -0.15) is 0 Å². The lowest BCUT2D eigenvalue weighted by atomic mass is 9.82. The number of carbonyl (C=O) groups is 1. The minimum absolute atomic E-state index is 0.0234. The van der Waals surface area contributed by atoms with Gasteiger partial charge in [0.15, 0.2) is 0 Å². The van der Waals surface area contributed by atoms with Crippen molar-refractivity contribution in [3.8, 4) is 0 Å². The topological polar surface area (TPSA) is 76.1 Å². The number of hydrogen-bond donors (Lipinski definition) is 2. The molecule has 2 aromatic rings. The minimum atomic E-state index is -0.793. The number of para-hydroxylation sites is 1. The summed E-state index contributed by atoms with van der Waals surface area (Å²) in [6, 6.07) is 9.76. The number of anilines is 2. The van der Waals surface area contributed by atoms with Gasteiger partial charge in [-0.25, -0.2) is 9.97 Å². The molecule has 1 saturated carbocycles. The van der Waals surface area contributed by atoms with Crippen LogP contribution in [-0.2, 0) is 21.6 Å². The van der Waals surface area contributed by atoms with E-state index in [0.29, 0.717) is 25.1 Å². The normalized spacial score (nSPS) is 22.1. The van der Waals surface area contributed by atoms with Crippen LogP contribution in [0.5, 0.6) is 0 Å². The van der Waals surface area contributed by atoms with Crippen LogP contribution in [0.25, 0.3) is 0 Å². The molecule has 4 rings (SSSR count). The fourth-order valence-corrected chi connectivity index (χ4v) is 3.06. The monoisotopic (exact) mass is 338 g/mol. The summed E-state index contributed by atoms with van der Waals surface area (Å²) in [5.74, 6) is 1.11. The van der Waals surface area contributed by atoms with Gasteiger partial charge in [0.25, 0.3) is 0 Å². The van der Waals surface area contributed by atoms with Crippen LogP contribution in [0.4, 0.5) is 11.6 Å².